The lowest BCUT2D eigenvalue weighted by Crippen LogP contribution is -2.39. The molecule has 0 bridgehead atoms. The van der Waals surface area contributed by atoms with Gasteiger partial charge >= 0.3 is 0 Å². The third kappa shape index (κ3) is 2.37. The Kier molecular flexibility index (Phi) is 3.28. The molecular weight excluding hydrogens is 300 g/mol. The van der Waals surface area contributed by atoms with Gasteiger partial charge in [0.05, 0.1) is 4.32 Å². The fraction of sp³-hybridized carbons (Fsp3) is 0.235. The summed E-state index contributed by atoms with van der Waals surface area (Å²) in [4.78, 5) is 12.7. The molecule has 0 aromatic heterocycles. The van der Waals surface area contributed by atoms with Gasteiger partial charge in [-0.15, -0.1) is 0 Å². The fourth-order valence-corrected chi connectivity index (χ4v) is 3.47. The van der Waals surface area contributed by atoms with E-state index in [1.54, 1.807) is 0 Å². The zero-order valence-electron chi connectivity index (χ0n) is 10.6. The van der Waals surface area contributed by atoms with Crippen molar-refractivity contribution < 1.29 is 4.79 Å². The second kappa shape index (κ2) is 4.93. The molecule has 0 fully saturated rings. The highest BCUT2D eigenvalue weighted by atomic mass is 79.9. The van der Waals surface area contributed by atoms with Gasteiger partial charge in [-0.25, -0.2) is 0 Å². The van der Waals surface area contributed by atoms with Crippen LogP contribution in [0.1, 0.15) is 27.9 Å². The van der Waals surface area contributed by atoms with Crippen LogP contribution in [0.5, 0.6) is 0 Å². The van der Waals surface area contributed by atoms with E-state index in [4.69, 9.17) is 0 Å². The van der Waals surface area contributed by atoms with Crippen LogP contribution in [0.25, 0.3) is 0 Å². The molecule has 2 aromatic rings. The van der Waals surface area contributed by atoms with E-state index in [-0.39, 0.29) is 5.78 Å². The Morgan fingerprint density at radius 2 is 1.68 bits per heavy atom. The Morgan fingerprint density at radius 1 is 1.00 bits per heavy atom. The molecule has 0 unspecified atom stereocenters. The SMILES string of the molecule is O=C1c2ccccc2CC[C@@]1(Br)Cc1ccccc1. The third-order valence-electron chi connectivity index (χ3n) is 3.79. The molecule has 1 aliphatic carbocycles. The van der Waals surface area contributed by atoms with Crippen LogP contribution in [0.3, 0.4) is 0 Å². The summed E-state index contributed by atoms with van der Waals surface area (Å²) in [6.45, 7) is 0. The Labute approximate surface area is 121 Å². The van der Waals surface area contributed by atoms with Gasteiger partial charge in [0.25, 0.3) is 0 Å². The van der Waals surface area contributed by atoms with Crippen LogP contribution in [0, 0.1) is 0 Å². The first-order chi connectivity index (χ1) is 9.19. The summed E-state index contributed by atoms with van der Waals surface area (Å²) in [6, 6.07) is 18.2. The van der Waals surface area contributed by atoms with Crippen molar-refractivity contribution in [1.29, 1.82) is 0 Å². The van der Waals surface area contributed by atoms with Gasteiger partial charge in [0.2, 0.25) is 0 Å². The van der Waals surface area contributed by atoms with E-state index < -0.39 is 4.32 Å². The average molecular weight is 315 g/mol. The number of hydrogen-bond donors (Lipinski definition) is 0. The normalized spacial score (nSPS) is 22.1. The molecule has 0 saturated heterocycles. The zero-order chi connectivity index (χ0) is 13.3. The maximum atomic E-state index is 12.7. The van der Waals surface area contributed by atoms with Crippen LogP contribution in [0.4, 0.5) is 0 Å². The van der Waals surface area contributed by atoms with Gasteiger partial charge in [-0.1, -0.05) is 70.5 Å². The standard InChI is InChI=1S/C17H15BrO/c18-17(12-13-6-2-1-3-7-13)11-10-14-8-4-5-9-15(14)16(17)19/h1-9H,10-12H2/t17-/m1/s1. The molecule has 0 N–H and O–H groups in total. The van der Waals surface area contributed by atoms with Crippen LogP contribution in [-0.4, -0.2) is 10.1 Å². The fourth-order valence-electron chi connectivity index (χ4n) is 2.74. The van der Waals surface area contributed by atoms with Gasteiger partial charge in [0, 0.05) is 5.56 Å². The molecule has 1 aliphatic rings. The van der Waals surface area contributed by atoms with Crippen LogP contribution < -0.4 is 0 Å². The van der Waals surface area contributed by atoms with Crippen molar-refractivity contribution in [3.05, 3.63) is 71.3 Å². The number of Topliss-reactive ketones (excluding diaryl/α,β-unsaturated/α-hetero) is 1. The molecule has 96 valence electrons. The number of fused-ring (bicyclic) bond motifs is 1. The number of ketones is 1. The molecule has 19 heavy (non-hydrogen) atoms. The molecule has 2 heteroatoms. The zero-order valence-corrected chi connectivity index (χ0v) is 12.2. The van der Waals surface area contributed by atoms with Crippen LogP contribution >= 0.6 is 15.9 Å². The summed E-state index contributed by atoms with van der Waals surface area (Å²) >= 11 is 3.72. The number of aryl methyl sites for hydroxylation is 1. The topological polar surface area (TPSA) is 17.1 Å². The molecule has 1 atom stereocenters. The highest BCUT2D eigenvalue weighted by Crippen LogP contribution is 2.37. The smallest absolute Gasteiger partial charge is 0.180 e. The molecule has 3 rings (SSSR count). The second-order valence-electron chi connectivity index (χ2n) is 5.11. The van der Waals surface area contributed by atoms with E-state index in [9.17, 15) is 4.79 Å². The van der Waals surface area contributed by atoms with Gasteiger partial charge in [0.15, 0.2) is 5.78 Å². The molecule has 2 aromatic carbocycles. The van der Waals surface area contributed by atoms with Crippen molar-refractivity contribution in [3.8, 4) is 0 Å². The van der Waals surface area contributed by atoms with Crippen molar-refractivity contribution >= 4 is 21.7 Å². The van der Waals surface area contributed by atoms with Gasteiger partial charge in [-0.3, -0.25) is 4.79 Å². The monoisotopic (exact) mass is 314 g/mol. The number of hydrogen-bond acceptors (Lipinski definition) is 1. The van der Waals surface area contributed by atoms with Crippen LogP contribution in [0.2, 0.25) is 0 Å². The summed E-state index contributed by atoms with van der Waals surface area (Å²) in [5.41, 5.74) is 3.25. The van der Waals surface area contributed by atoms with Crippen molar-refractivity contribution in [2.24, 2.45) is 0 Å². The van der Waals surface area contributed by atoms with E-state index in [2.05, 4.69) is 34.1 Å². The van der Waals surface area contributed by atoms with Gasteiger partial charge in [-0.05, 0) is 30.4 Å². The molecule has 0 aliphatic heterocycles. The minimum Gasteiger partial charge on any atom is -0.293 e. The summed E-state index contributed by atoms with van der Waals surface area (Å²) in [5, 5.41) is 0. The molecule has 0 saturated carbocycles. The van der Waals surface area contributed by atoms with Gasteiger partial charge in [-0.2, -0.15) is 0 Å². The third-order valence-corrected chi connectivity index (χ3v) is 4.82. The Balaban J connectivity index is 1.92. The molecule has 0 heterocycles. The Morgan fingerprint density at radius 3 is 2.47 bits per heavy atom. The number of alkyl halides is 1. The summed E-state index contributed by atoms with van der Waals surface area (Å²) in [5.74, 6) is 0.221. The van der Waals surface area contributed by atoms with Crippen LogP contribution in [0.15, 0.2) is 54.6 Å². The first-order valence-electron chi connectivity index (χ1n) is 6.55. The molecule has 0 spiro atoms. The van der Waals surface area contributed by atoms with E-state index in [1.165, 1.54) is 11.1 Å². The van der Waals surface area contributed by atoms with Crippen molar-refractivity contribution in [2.45, 2.75) is 23.6 Å². The lowest BCUT2D eigenvalue weighted by molar-refractivity contribution is 0.0931. The second-order valence-corrected chi connectivity index (χ2v) is 6.63. The molecular formula is C17H15BrO. The minimum absolute atomic E-state index is 0.221. The quantitative estimate of drug-likeness (QED) is 0.760. The van der Waals surface area contributed by atoms with Crippen molar-refractivity contribution in [3.63, 3.8) is 0 Å². The largest absolute Gasteiger partial charge is 0.293 e. The number of carbonyl (C=O) groups excluding carboxylic acids is 1. The molecule has 1 nitrogen and oxygen atoms in total. The Bertz CT molecular complexity index is 606. The molecule has 0 radical (unpaired) electrons. The minimum atomic E-state index is -0.442. The summed E-state index contributed by atoms with van der Waals surface area (Å²) < 4.78 is -0.442. The first kappa shape index (κ1) is 12.6. The highest BCUT2D eigenvalue weighted by Gasteiger charge is 2.40. The van der Waals surface area contributed by atoms with Gasteiger partial charge < -0.3 is 0 Å². The lowest BCUT2D eigenvalue weighted by atomic mass is 9.79. The highest BCUT2D eigenvalue weighted by molar-refractivity contribution is 9.10. The number of carbonyl (C=O) groups is 1. The van der Waals surface area contributed by atoms with Gasteiger partial charge in [0.1, 0.15) is 0 Å². The number of benzene rings is 2. The summed E-state index contributed by atoms with van der Waals surface area (Å²) in [7, 11) is 0. The predicted molar refractivity (Wildman–Crippen MR) is 80.9 cm³/mol. The number of halogens is 1. The van der Waals surface area contributed by atoms with Crippen molar-refractivity contribution in [1.82, 2.24) is 0 Å². The van der Waals surface area contributed by atoms with Crippen LogP contribution in [-0.2, 0) is 12.8 Å². The predicted octanol–water partition coefficient (Wildman–Crippen LogP) is 4.19. The van der Waals surface area contributed by atoms with E-state index in [0.29, 0.717) is 0 Å². The Hall–Kier alpha value is -1.41. The lowest BCUT2D eigenvalue weighted by Gasteiger charge is -2.31. The average Bonchev–Trinajstić information content (AvgIpc) is 2.45. The summed E-state index contributed by atoms with van der Waals surface area (Å²) in [6.07, 6.45) is 2.57. The maximum absolute atomic E-state index is 12.7. The van der Waals surface area contributed by atoms with E-state index in [0.717, 1.165) is 24.8 Å². The maximum Gasteiger partial charge on any atom is 0.180 e. The van der Waals surface area contributed by atoms with E-state index >= 15 is 0 Å². The first-order valence-corrected chi connectivity index (χ1v) is 7.34. The van der Waals surface area contributed by atoms with E-state index in [1.807, 2.05) is 36.4 Å². The molecule has 0 amide bonds. The van der Waals surface area contributed by atoms with Crippen molar-refractivity contribution in [2.75, 3.05) is 0 Å². The number of rotatable bonds is 2.